The smallest absolute Gasteiger partial charge is 0.188 e. The van der Waals surface area contributed by atoms with Gasteiger partial charge in [0.15, 0.2) is 12.6 Å². The van der Waals surface area contributed by atoms with Crippen LogP contribution >= 0.6 is 23.4 Å². The van der Waals surface area contributed by atoms with Crippen molar-refractivity contribution in [2.75, 3.05) is 13.9 Å². The minimum Gasteiger partial charge on any atom is -0.487 e. The van der Waals surface area contributed by atoms with Crippen molar-refractivity contribution in [3.8, 4) is 11.5 Å². The van der Waals surface area contributed by atoms with E-state index in [4.69, 9.17) is 25.8 Å². The lowest BCUT2D eigenvalue weighted by atomic mass is 10.2. The molecule has 0 saturated heterocycles. The molecule has 0 atom stereocenters. The molecule has 0 spiro atoms. The van der Waals surface area contributed by atoms with Crippen LogP contribution in [0.3, 0.4) is 0 Å². The summed E-state index contributed by atoms with van der Waals surface area (Å²) in [6.07, 6.45) is 0. The Kier molecular flexibility index (Phi) is 6.98. The van der Waals surface area contributed by atoms with Gasteiger partial charge in [-0.2, -0.15) is 0 Å². The molecular formula is C21H18ClFO3S. The maximum absolute atomic E-state index is 15.0. The summed E-state index contributed by atoms with van der Waals surface area (Å²) in [5.74, 6) is -0.0422. The third kappa shape index (κ3) is 5.16. The number of hydrogen-bond acceptors (Lipinski definition) is 4. The van der Waals surface area contributed by atoms with E-state index in [0.29, 0.717) is 5.75 Å². The number of benzene rings is 3. The molecule has 0 bridgehead atoms. The fourth-order valence-corrected chi connectivity index (χ4v) is 3.53. The van der Waals surface area contributed by atoms with Gasteiger partial charge in [0.2, 0.25) is 0 Å². The van der Waals surface area contributed by atoms with Gasteiger partial charge in [0.05, 0.1) is 4.90 Å². The van der Waals surface area contributed by atoms with E-state index >= 15 is 4.39 Å². The summed E-state index contributed by atoms with van der Waals surface area (Å²) in [6.45, 7) is 0.260. The van der Waals surface area contributed by atoms with Crippen molar-refractivity contribution in [2.45, 2.75) is 16.4 Å². The lowest BCUT2D eigenvalue weighted by Crippen LogP contribution is -2.03. The molecule has 0 aliphatic carbocycles. The molecule has 3 rings (SSSR count). The fourth-order valence-electron chi connectivity index (χ4n) is 2.34. The second-order valence-electron chi connectivity index (χ2n) is 5.57. The first-order valence-corrected chi connectivity index (χ1v) is 9.42. The zero-order valence-electron chi connectivity index (χ0n) is 14.7. The van der Waals surface area contributed by atoms with Gasteiger partial charge in [0, 0.05) is 18.1 Å². The van der Waals surface area contributed by atoms with Gasteiger partial charge in [-0.3, -0.25) is 0 Å². The molecule has 0 fully saturated rings. The van der Waals surface area contributed by atoms with Gasteiger partial charge in [-0.25, -0.2) is 4.39 Å². The van der Waals surface area contributed by atoms with Crippen LogP contribution in [0.1, 0.15) is 5.56 Å². The van der Waals surface area contributed by atoms with Crippen molar-refractivity contribution in [1.82, 2.24) is 0 Å². The van der Waals surface area contributed by atoms with Gasteiger partial charge in [0.1, 0.15) is 23.1 Å². The third-order valence-electron chi connectivity index (χ3n) is 3.63. The van der Waals surface area contributed by atoms with E-state index in [0.717, 1.165) is 10.5 Å². The quantitative estimate of drug-likeness (QED) is 0.418. The number of ether oxygens (including phenoxy) is 3. The van der Waals surface area contributed by atoms with E-state index < -0.39 is 5.82 Å². The highest BCUT2D eigenvalue weighted by molar-refractivity contribution is 7.99. The van der Waals surface area contributed by atoms with Crippen molar-refractivity contribution < 1.29 is 18.6 Å². The second-order valence-corrected chi connectivity index (χ2v) is 7.03. The summed E-state index contributed by atoms with van der Waals surface area (Å²) in [7, 11) is 1.50. The number of methoxy groups -OCH3 is 1. The molecule has 3 aromatic carbocycles. The Morgan fingerprint density at radius 2 is 1.59 bits per heavy atom. The minimum absolute atomic E-state index is 0.0124. The van der Waals surface area contributed by atoms with E-state index in [-0.39, 0.29) is 29.1 Å². The van der Waals surface area contributed by atoms with E-state index in [9.17, 15) is 0 Å². The van der Waals surface area contributed by atoms with Crippen molar-refractivity contribution >= 4 is 23.4 Å². The molecule has 0 radical (unpaired) electrons. The Morgan fingerprint density at radius 3 is 2.26 bits per heavy atom. The van der Waals surface area contributed by atoms with Crippen LogP contribution in [-0.2, 0) is 11.3 Å². The molecule has 3 nitrogen and oxygen atoms in total. The van der Waals surface area contributed by atoms with E-state index in [1.807, 2.05) is 60.7 Å². The topological polar surface area (TPSA) is 27.7 Å². The molecule has 0 aliphatic heterocycles. The lowest BCUT2D eigenvalue weighted by molar-refractivity contribution is 0.0485. The zero-order valence-corrected chi connectivity index (χ0v) is 16.2. The SMILES string of the molecule is COCOc1cc(OCc2ccccc2)c(Cl)c(F)c1Sc1ccccc1. The summed E-state index contributed by atoms with van der Waals surface area (Å²) >= 11 is 7.47. The van der Waals surface area contributed by atoms with Crippen LogP contribution in [-0.4, -0.2) is 13.9 Å². The molecule has 0 unspecified atom stereocenters. The second kappa shape index (κ2) is 9.65. The Hall–Kier alpha value is -2.21. The third-order valence-corrected chi connectivity index (χ3v) is 5.07. The predicted molar refractivity (Wildman–Crippen MR) is 105 cm³/mol. The number of hydrogen-bond donors (Lipinski definition) is 0. The van der Waals surface area contributed by atoms with E-state index in [2.05, 4.69) is 0 Å². The predicted octanol–water partition coefficient (Wildman–Crippen LogP) is 6.19. The maximum atomic E-state index is 15.0. The van der Waals surface area contributed by atoms with Crippen LogP contribution in [0.2, 0.25) is 5.02 Å². The van der Waals surface area contributed by atoms with E-state index in [1.165, 1.54) is 18.9 Å². The highest BCUT2D eigenvalue weighted by Gasteiger charge is 2.20. The molecule has 0 heterocycles. The van der Waals surface area contributed by atoms with E-state index in [1.54, 1.807) is 6.07 Å². The molecular weight excluding hydrogens is 387 g/mol. The van der Waals surface area contributed by atoms with Crippen LogP contribution in [0.5, 0.6) is 11.5 Å². The van der Waals surface area contributed by atoms with Crippen LogP contribution in [0, 0.1) is 5.82 Å². The molecule has 6 heteroatoms. The first-order chi connectivity index (χ1) is 13.2. The van der Waals surface area contributed by atoms with Crippen LogP contribution < -0.4 is 9.47 Å². The van der Waals surface area contributed by atoms with Gasteiger partial charge in [-0.15, -0.1) is 0 Å². The van der Waals surface area contributed by atoms with Gasteiger partial charge in [0.25, 0.3) is 0 Å². The van der Waals surface area contributed by atoms with Crippen molar-refractivity contribution in [3.05, 3.63) is 83.1 Å². The normalized spacial score (nSPS) is 10.6. The standard InChI is InChI=1S/C21H18ClFO3S/c1-24-14-26-18-12-17(25-13-15-8-4-2-5-9-15)19(22)20(23)21(18)27-16-10-6-3-7-11-16/h2-12H,13-14H2,1H3. The highest BCUT2D eigenvalue weighted by Crippen LogP contribution is 2.44. The molecule has 0 amide bonds. The summed E-state index contributed by atoms with van der Waals surface area (Å²) in [5.41, 5.74) is 0.955. The Labute approximate surface area is 167 Å². The maximum Gasteiger partial charge on any atom is 0.188 e. The van der Waals surface area contributed by atoms with Crippen LogP contribution in [0.4, 0.5) is 4.39 Å². The molecule has 140 valence electrons. The first kappa shape index (κ1) is 19.5. The largest absolute Gasteiger partial charge is 0.487 e. The summed E-state index contributed by atoms with van der Waals surface area (Å²) in [6, 6.07) is 20.6. The summed E-state index contributed by atoms with van der Waals surface area (Å²) < 4.78 is 31.3. The molecule has 27 heavy (non-hydrogen) atoms. The first-order valence-electron chi connectivity index (χ1n) is 8.22. The molecule has 3 aromatic rings. The van der Waals surface area contributed by atoms with Crippen molar-refractivity contribution in [2.24, 2.45) is 0 Å². The fraction of sp³-hybridized carbons (Fsp3) is 0.143. The van der Waals surface area contributed by atoms with Crippen molar-refractivity contribution in [1.29, 1.82) is 0 Å². The number of halogens is 2. The Bertz CT molecular complexity index is 876. The molecule has 0 aliphatic rings. The molecule has 0 saturated carbocycles. The Balaban J connectivity index is 1.90. The minimum atomic E-state index is -0.581. The molecule has 0 aromatic heterocycles. The van der Waals surface area contributed by atoms with Crippen molar-refractivity contribution in [3.63, 3.8) is 0 Å². The van der Waals surface area contributed by atoms with Gasteiger partial charge in [-0.1, -0.05) is 71.9 Å². The van der Waals surface area contributed by atoms with Gasteiger partial charge in [-0.05, 0) is 17.7 Å². The highest BCUT2D eigenvalue weighted by atomic mass is 35.5. The number of rotatable bonds is 8. The molecule has 0 N–H and O–H groups in total. The zero-order chi connectivity index (χ0) is 19.1. The van der Waals surface area contributed by atoms with Crippen LogP contribution in [0.25, 0.3) is 0 Å². The van der Waals surface area contributed by atoms with Gasteiger partial charge >= 0.3 is 0 Å². The lowest BCUT2D eigenvalue weighted by Gasteiger charge is -2.16. The average molecular weight is 405 g/mol. The summed E-state index contributed by atoms with van der Waals surface area (Å²) in [4.78, 5) is 1.16. The van der Waals surface area contributed by atoms with Crippen LogP contribution in [0.15, 0.2) is 76.5 Å². The summed E-state index contributed by atoms with van der Waals surface area (Å²) in [5, 5.41) is -0.0749. The van der Waals surface area contributed by atoms with Gasteiger partial charge < -0.3 is 14.2 Å². The monoisotopic (exact) mass is 404 g/mol. The Morgan fingerprint density at radius 1 is 0.926 bits per heavy atom. The average Bonchev–Trinajstić information content (AvgIpc) is 2.71.